The van der Waals surface area contributed by atoms with Crippen LogP contribution in [-0.2, 0) is 4.79 Å². The van der Waals surface area contributed by atoms with Crippen molar-refractivity contribution in [3.05, 3.63) is 0 Å². The second kappa shape index (κ2) is 4.08. The lowest BCUT2D eigenvalue weighted by Crippen LogP contribution is -2.24. The average molecular weight is 229 g/mol. The first-order valence-corrected chi connectivity index (χ1v) is 3.72. The molecule has 0 aromatic heterocycles. The highest BCUT2D eigenvalue weighted by Gasteiger charge is 2.03. The first kappa shape index (κ1) is 8.16. The second-order valence-corrected chi connectivity index (χ2v) is 2.39. The van der Waals surface area contributed by atoms with E-state index in [0.29, 0.717) is 4.43 Å². The van der Waals surface area contributed by atoms with E-state index < -0.39 is 5.97 Å². The van der Waals surface area contributed by atoms with Crippen molar-refractivity contribution in [1.29, 1.82) is 0 Å². The third kappa shape index (κ3) is 4.32. The molecule has 0 aliphatic carbocycles. The highest BCUT2D eigenvalue weighted by atomic mass is 127. The molecule has 8 heavy (non-hydrogen) atoms. The lowest BCUT2D eigenvalue weighted by molar-refractivity contribution is -0.137. The van der Waals surface area contributed by atoms with Gasteiger partial charge in [-0.15, -0.1) is 0 Å². The molecular weight excluding hydrogens is 221 g/mol. The number of rotatable bonds is 3. The van der Waals surface area contributed by atoms with Gasteiger partial charge in [0, 0.05) is 10.5 Å². The topological polar surface area (TPSA) is 63.3 Å². The van der Waals surface area contributed by atoms with Crippen molar-refractivity contribution < 1.29 is 9.90 Å². The largest absolute Gasteiger partial charge is 0.481 e. The summed E-state index contributed by atoms with van der Waals surface area (Å²) >= 11 is 2.06. The standard InChI is InChI=1S/C4H8INO2/c5-2-3(6)1-4(7)8/h3H,1-2,6H2,(H,7,8). The second-order valence-electron chi connectivity index (χ2n) is 1.51. The number of nitrogens with two attached hydrogens (primary N) is 1. The first-order chi connectivity index (χ1) is 3.66. The van der Waals surface area contributed by atoms with Crippen LogP contribution in [0.4, 0.5) is 0 Å². The third-order valence-electron chi connectivity index (χ3n) is 0.635. The summed E-state index contributed by atoms with van der Waals surface area (Å²) in [4.78, 5) is 9.89. The van der Waals surface area contributed by atoms with Crippen LogP contribution in [0.25, 0.3) is 0 Å². The minimum absolute atomic E-state index is 0.0724. The minimum Gasteiger partial charge on any atom is -0.481 e. The number of hydrogen-bond donors (Lipinski definition) is 2. The Morgan fingerprint density at radius 2 is 2.38 bits per heavy atom. The maximum absolute atomic E-state index is 9.89. The van der Waals surface area contributed by atoms with Gasteiger partial charge < -0.3 is 10.8 Å². The monoisotopic (exact) mass is 229 g/mol. The van der Waals surface area contributed by atoms with Crippen LogP contribution in [0.1, 0.15) is 6.42 Å². The molecule has 3 nitrogen and oxygen atoms in total. The molecule has 0 saturated heterocycles. The molecular formula is C4H8INO2. The minimum atomic E-state index is -0.825. The molecule has 0 aromatic rings. The Kier molecular flexibility index (Phi) is 4.16. The molecule has 0 amide bonds. The van der Waals surface area contributed by atoms with Crippen LogP contribution in [0.3, 0.4) is 0 Å². The van der Waals surface area contributed by atoms with E-state index in [1.54, 1.807) is 0 Å². The molecule has 0 saturated carbocycles. The average Bonchev–Trinajstić information content (AvgIpc) is 1.65. The van der Waals surface area contributed by atoms with E-state index in [9.17, 15) is 4.79 Å². The fraction of sp³-hybridized carbons (Fsp3) is 0.750. The normalized spacial score (nSPS) is 13.2. The number of carboxylic acid groups (broad SMARTS) is 1. The zero-order valence-corrected chi connectivity index (χ0v) is 6.46. The van der Waals surface area contributed by atoms with Gasteiger partial charge >= 0.3 is 5.97 Å². The SMILES string of the molecule is NC(CI)CC(=O)O. The summed E-state index contributed by atoms with van der Waals surface area (Å²) in [5.41, 5.74) is 5.29. The number of carboxylic acids is 1. The van der Waals surface area contributed by atoms with Crippen LogP contribution in [0.15, 0.2) is 0 Å². The van der Waals surface area contributed by atoms with E-state index in [2.05, 4.69) is 22.6 Å². The van der Waals surface area contributed by atoms with Gasteiger partial charge in [0.15, 0.2) is 0 Å². The Morgan fingerprint density at radius 1 is 1.88 bits per heavy atom. The van der Waals surface area contributed by atoms with Gasteiger partial charge in [0.2, 0.25) is 0 Å². The zero-order chi connectivity index (χ0) is 6.57. The first-order valence-electron chi connectivity index (χ1n) is 2.20. The van der Waals surface area contributed by atoms with Crippen LogP contribution in [0.5, 0.6) is 0 Å². The van der Waals surface area contributed by atoms with Gasteiger partial charge in [0.05, 0.1) is 6.42 Å². The van der Waals surface area contributed by atoms with E-state index in [1.807, 2.05) is 0 Å². The van der Waals surface area contributed by atoms with Crippen LogP contribution in [-0.4, -0.2) is 21.5 Å². The highest BCUT2D eigenvalue weighted by Crippen LogP contribution is 1.92. The molecule has 0 bridgehead atoms. The number of halogens is 1. The summed E-state index contributed by atoms with van der Waals surface area (Å²) < 4.78 is 0.698. The maximum Gasteiger partial charge on any atom is 0.304 e. The molecule has 1 unspecified atom stereocenters. The summed E-state index contributed by atoms with van der Waals surface area (Å²) in [6.07, 6.45) is 0.0724. The smallest absolute Gasteiger partial charge is 0.304 e. The summed E-state index contributed by atoms with van der Waals surface area (Å²) in [7, 11) is 0. The fourth-order valence-corrected chi connectivity index (χ4v) is 0.590. The zero-order valence-electron chi connectivity index (χ0n) is 4.30. The molecule has 0 aliphatic rings. The van der Waals surface area contributed by atoms with Crippen LogP contribution in [0, 0.1) is 0 Å². The van der Waals surface area contributed by atoms with E-state index in [-0.39, 0.29) is 12.5 Å². The Labute approximate surface area is 61.4 Å². The Hall–Kier alpha value is 0.160. The van der Waals surface area contributed by atoms with Crippen LogP contribution in [0.2, 0.25) is 0 Å². The fourth-order valence-electron chi connectivity index (χ4n) is 0.279. The van der Waals surface area contributed by atoms with Crippen molar-refractivity contribution in [2.75, 3.05) is 4.43 Å². The summed E-state index contributed by atoms with van der Waals surface area (Å²) in [5.74, 6) is -0.825. The Bertz CT molecular complexity index is 86.1. The van der Waals surface area contributed by atoms with Crippen molar-refractivity contribution >= 4 is 28.6 Å². The molecule has 48 valence electrons. The van der Waals surface area contributed by atoms with Crippen LogP contribution >= 0.6 is 22.6 Å². The Balaban J connectivity index is 3.24. The third-order valence-corrected chi connectivity index (χ3v) is 1.77. The molecule has 0 spiro atoms. The van der Waals surface area contributed by atoms with E-state index in [4.69, 9.17) is 10.8 Å². The van der Waals surface area contributed by atoms with Gasteiger partial charge in [-0.3, -0.25) is 4.79 Å². The molecule has 0 radical (unpaired) electrons. The number of carbonyl (C=O) groups is 1. The molecule has 0 aromatic carbocycles. The molecule has 1 atom stereocenters. The molecule has 0 aliphatic heterocycles. The predicted molar refractivity (Wildman–Crippen MR) is 39.1 cm³/mol. The van der Waals surface area contributed by atoms with Gasteiger partial charge in [0.25, 0.3) is 0 Å². The van der Waals surface area contributed by atoms with Gasteiger partial charge in [-0.05, 0) is 0 Å². The number of aliphatic carboxylic acids is 1. The van der Waals surface area contributed by atoms with E-state index in [1.165, 1.54) is 0 Å². The maximum atomic E-state index is 9.89. The molecule has 0 heterocycles. The quantitative estimate of drug-likeness (QED) is 0.537. The van der Waals surface area contributed by atoms with E-state index >= 15 is 0 Å². The van der Waals surface area contributed by atoms with Crippen molar-refractivity contribution in [3.63, 3.8) is 0 Å². The predicted octanol–water partition coefficient (Wildman–Crippen LogP) is 0.223. The Morgan fingerprint density at radius 3 is 2.50 bits per heavy atom. The van der Waals surface area contributed by atoms with Crippen molar-refractivity contribution in [1.82, 2.24) is 0 Å². The molecule has 4 heteroatoms. The summed E-state index contributed by atoms with van der Waals surface area (Å²) in [5, 5.41) is 8.13. The van der Waals surface area contributed by atoms with Gasteiger partial charge in [-0.2, -0.15) is 0 Å². The lowest BCUT2D eigenvalue weighted by atomic mass is 10.3. The van der Waals surface area contributed by atoms with Crippen molar-refractivity contribution in [2.45, 2.75) is 12.5 Å². The highest BCUT2D eigenvalue weighted by molar-refractivity contribution is 14.1. The van der Waals surface area contributed by atoms with Crippen molar-refractivity contribution in [3.8, 4) is 0 Å². The summed E-state index contributed by atoms with van der Waals surface area (Å²) in [6.45, 7) is 0. The van der Waals surface area contributed by atoms with Gasteiger partial charge in [-0.25, -0.2) is 0 Å². The van der Waals surface area contributed by atoms with Gasteiger partial charge in [-0.1, -0.05) is 22.6 Å². The molecule has 0 rings (SSSR count). The van der Waals surface area contributed by atoms with Crippen molar-refractivity contribution in [2.24, 2.45) is 5.73 Å². The summed E-state index contributed by atoms with van der Waals surface area (Å²) in [6, 6.07) is -0.187. The van der Waals surface area contributed by atoms with Gasteiger partial charge in [0.1, 0.15) is 0 Å². The molecule has 3 N–H and O–H groups in total. The lowest BCUT2D eigenvalue weighted by Gasteiger charge is -2.00. The number of hydrogen-bond acceptors (Lipinski definition) is 2. The number of alkyl halides is 1. The molecule has 0 fully saturated rings. The van der Waals surface area contributed by atoms with E-state index in [0.717, 1.165) is 0 Å². The van der Waals surface area contributed by atoms with Crippen LogP contribution < -0.4 is 5.73 Å².